The van der Waals surface area contributed by atoms with Crippen LogP contribution in [-0.4, -0.2) is 24.6 Å². The number of rotatable bonds is 10. The summed E-state index contributed by atoms with van der Waals surface area (Å²) in [7, 11) is 0. The standard InChI is InChI=1S/C16H27N3O2/c1-8-9-12(4)18-15(7)19-14(6)16(20)17-10-13(5)21-11(2)3/h8-9,11,14,18-19H,4-5,7,10H2,1-3,6H3,(H,17,20)/b9-8-/t14-/m0/s1. The number of carbonyl (C=O) groups is 1. The molecule has 0 rings (SSSR count). The molecule has 0 radical (unpaired) electrons. The number of amides is 1. The van der Waals surface area contributed by atoms with E-state index < -0.39 is 6.04 Å². The Hall–Kier alpha value is -2.17. The van der Waals surface area contributed by atoms with Crippen molar-refractivity contribution in [2.45, 2.75) is 39.8 Å². The van der Waals surface area contributed by atoms with Gasteiger partial charge < -0.3 is 20.7 Å². The highest BCUT2D eigenvalue weighted by molar-refractivity contribution is 5.81. The van der Waals surface area contributed by atoms with E-state index in [0.29, 0.717) is 17.3 Å². The first-order chi connectivity index (χ1) is 9.76. The molecular formula is C16H27N3O2. The highest BCUT2D eigenvalue weighted by atomic mass is 16.5. The molecule has 0 heterocycles. The van der Waals surface area contributed by atoms with E-state index in [1.807, 2.05) is 32.9 Å². The van der Waals surface area contributed by atoms with Crippen molar-refractivity contribution in [3.05, 3.63) is 49.2 Å². The molecule has 1 atom stereocenters. The van der Waals surface area contributed by atoms with Crippen LogP contribution >= 0.6 is 0 Å². The molecule has 0 saturated heterocycles. The van der Waals surface area contributed by atoms with Crippen LogP contribution in [0.3, 0.4) is 0 Å². The third-order valence-corrected chi connectivity index (χ3v) is 2.33. The fourth-order valence-electron chi connectivity index (χ4n) is 1.51. The van der Waals surface area contributed by atoms with E-state index in [4.69, 9.17) is 4.74 Å². The van der Waals surface area contributed by atoms with E-state index in [9.17, 15) is 4.79 Å². The lowest BCUT2D eigenvalue weighted by molar-refractivity contribution is -0.122. The fourth-order valence-corrected chi connectivity index (χ4v) is 1.51. The van der Waals surface area contributed by atoms with Crippen LogP contribution in [0.15, 0.2) is 49.2 Å². The molecule has 5 nitrogen and oxygen atoms in total. The first-order valence-electron chi connectivity index (χ1n) is 6.92. The highest BCUT2D eigenvalue weighted by Gasteiger charge is 2.13. The minimum absolute atomic E-state index is 0.0477. The molecule has 0 aliphatic heterocycles. The van der Waals surface area contributed by atoms with Crippen LogP contribution in [0.1, 0.15) is 27.7 Å². The fraction of sp³-hybridized carbons (Fsp3) is 0.438. The Kier molecular flexibility index (Phi) is 8.69. The molecule has 3 N–H and O–H groups in total. The van der Waals surface area contributed by atoms with Gasteiger partial charge in [0.15, 0.2) is 0 Å². The number of ether oxygens (including phenoxy) is 1. The lowest BCUT2D eigenvalue weighted by Crippen LogP contribution is -2.44. The molecule has 0 unspecified atom stereocenters. The lowest BCUT2D eigenvalue weighted by Gasteiger charge is -2.19. The summed E-state index contributed by atoms with van der Waals surface area (Å²) in [6.07, 6.45) is 3.72. The second-order valence-electron chi connectivity index (χ2n) is 4.92. The van der Waals surface area contributed by atoms with Gasteiger partial charge in [0.05, 0.1) is 18.5 Å². The van der Waals surface area contributed by atoms with Gasteiger partial charge in [-0.3, -0.25) is 4.79 Å². The van der Waals surface area contributed by atoms with Crippen molar-refractivity contribution in [3.8, 4) is 0 Å². The Bertz CT molecular complexity index is 425. The van der Waals surface area contributed by atoms with Gasteiger partial charge in [-0.1, -0.05) is 25.8 Å². The average molecular weight is 293 g/mol. The van der Waals surface area contributed by atoms with Crippen LogP contribution in [0.5, 0.6) is 0 Å². The maximum Gasteiger partial charge on any atom is 0.242 e. The Morgan fingerprint density at radius 2 is 1.86 bits per heavy atom. The van der Waals surface area contributed by atoms with Crippen molar-refractivity contribution < 1.29 is 9.53 Å². The van der Waals surface area contributed by atoms with E-state index in [1.54, 1.807) is 6.92 Å². The number of carbonyl (C=O) groups excluding carboxylic acids is 1. The van der Waals surface area contributed by atoms with Crippen molar-refractivity contribution in [2.24, 2.45) is 0 Å². The van der Waals surface area contributed by atoms with E-state index in [0.717, 1.165) is 0 Å². The zero-order valence-corrected chi connectivity index (χ0v) is 13.5. The summed E-state index contributed by atoms with van der Waals surface area (Å²) in [5.41, 5.74) is 0.696. The summed E-state index contributed by atoms with van der Waals surface area (Å²) >= 11 is 0. The topological polar surface area (TPSA) is 62.4 Å². The summed E-state index contributed by atoms with van der Waals surface area (Å²) in [5, 5.41) is 8.64. The van der Waals surface area contributed by atoms with E-state index in [1.165, 1.54) is 0 Å². The summed E-state index contributed by atoms with van der Waals surface area (Å²) in [5.74, 6) is 0.880. The molecule has 0 spiro atoms. The maximum absolute atomic E-state index is 11.9. The molecule has 0 fully saturated rings. The zero-order valence-electron chi connectivity index (χ0n) is 13.5. The molecular weight excluding hydrogens is 266 g/mol. The molecule has 0 aliphatic carbocycles. The van der Waals surface area contributed by atoms with E-state index >= 15 is 0 Å². The summed E-state index contributed by atoms with van der Waals surface area (Å²) in [6, 6.07) is -0.435. The van der Waals surface area contributed by atoms with E-state index in [2.05, 4.69) is 35.7 Å². The summed E-state index contributed by atoms with van der Waals surface area (Å²) in [6.45, 7) is 19.1. The van der Waals surface area contributed by atoms with Crippen molar-refractivity contribution in [3.63, 3.8) is 0 Å². The largest absolute Gasteiger partial charge is 0.494 e. The second kappa shape index (κ2) is 9.69. The predicted octanol–water partition coefficient (Wildman–Crippen LogP) is 2.17. The van der Waals surface area contributed by atoms with Gasteiger partial charge in [0.2, 0.25) is 5.91 Å². The van der Waals surface area contributed by atoms with Crippen molar-refractivity contribution in [2.75, 3.05) is 6.54 Å². The zero-order chi connectivity index (χ0) is 16.4. The minimum Gasteiger partial charge on any atom is -0.494 e. The van der Waals surface area contributed by atoms with Crippen LogP contribution in [-0.2, 0) is 9.53 Å². The smallest absolute Gasteiger partial charge is 0.242 e. The number of hydrogen-bond acceptors (Lipinski definition) is 4. The van der Waals surface area contributed by atoms with Gasteiger partial charge in [0, 0.05) is 5.70 Å². The van der Waals surface area contributed by atoms with Gasteiger partial charge in [-0.05, 0) is 33.8 Å². The Balaban J connectivity index is 4.13. The molecule has 0 bridgehead atoms. The number of allylic oxidation sites excluding steroid dienone is 2. The minimum atomic E-state index is -0.435. The Morgan fingerprint density at radius 1 is 1.24 bits per heavy atom. The van der Waals surface area contributed by atoms with Crippen molar-refractivity contribution in [1.82, 2.24) is 16.0 Å². The predicted molar refractivity (Wildman–Crippen MR) is 87.2 cm³/mol. The monoisotopic (exact) mass is 293 g/mol. The molecule has 0 aromatic heterocycles. The second-order valence-corrected chi connectivity index (χ2v) is 4.92. The Morgan fingerprint density at radius 3 is 2.38 bits per heavy atom. The summed E-state index contributed by atoms with van der Waals surface area (Å²) in [4.78, 5) is 11.9. The molecule has 0 aromatic carbocycles. The molecule has 21 heavy (non-hydrogen) atoms. The van der Waals surface area contributed by atoms with Crippen LogP contribution in [0.4, 0.5) is 0 Å². The lowest BCUT2D eigenvalue weighted by atomic mass is 10.3. The van der Waals surface area contributed by atoms with Crippen LogP contribution in [0, 0.1) is 0 Å². The van der Waals surface area contributed by atoms with Gasteiger partial charge in [0.1, 0.15) is 11.8 Å². The molecule has 0 saturated carbocycles. The van der Waals surface area contributed by atoms with Gasteiger partial charge in [-0.2, -0.15) is 0 Å². The molecule has 1 amide bonds. The number of nitrogens with one attached hydrogen (secondary N) is 3. The third-order valence-electron chi connectivity index (χ3n) is 2.33. The molecule has 0 aliphatic rings. The van der Waals surface area contributed by atoms with Gasteiger partial charge in [-0.25, -0.2) is 0 Å². The number of hydrogen-bond donors (Lipinski definition) is 3. The Labute approximate surface area is 127 Å². The normalized spacial score (nSPS) is 11.9. The third kappa shape index (κ3) is 9.38. The SMILES string of the molecule is C=C(/C=C\C)NC(=C)N[C@@H](C)C(=O)NCC(=C)OC(C)C. The average Bonchev–Trinajstić information content (AvgIpc) is 2.34. The van der Waals surface area contributed by atoms with Crippen LogP contribution < -0.4 is 16.0 Å². The molecule has 118 valence electrons. The molecule has 5 heteroatoms. The maximum atomic E-state index is 11.9. The summed E-state index contributed by atoms with van der Waals surface area (Å²) < 4.78 is 5.36. The first-order valence-corrected chi connectivity index (χ1v) is 6.92. The van der Waals surface area contributed by atoms with Crippen LogP contribution in [0.2, 0.25) is 0 Å². The van der Waals surface area contributed by atoms with Gasteiger partial charge in [0.25, 0.3) is 0 Å². The van der Waals surface area contributed by atoms with Crippen molar-refractivity contribution in [1.29, 1.82) is 0 Å². The van der Waals surface area contributed by atoms with Crippen LogP contribution in [0.25, 0.3) is 0 Å². The van der Waals surface area contributed by atoms with E-state index in [-0.39, 0.29) is 18.6 Å². The molecule has 0 aromatic rings. The first kappa shape index (κ1) is 18.8. The highest BCUT2D eigenvalue weighted by Crippen LogP contribution is 1.98. The quantitative estimate of drug-likeness (QED) is 0.427. The van der Waals surface area contributed by atoms with Gasteiger partial charge in [-0.15, -0.1) is 0 Å². The van der Waals surface area contributed by atoms with Crippen molar-refractivity contribution >= 4 is 5.91 Å². The van der Waals surface area contributed by atoms with Gasteiger partial charge >= 0.3 is 0 Å².